The molecule has 0 saturated heterocycles. The molecule has 0 unspecified atom stereocenters. The zero-order valence-electron chi connectivity index (χ0n) is 17.9. The van der Waals surface area contributed by atoms with Crippen LogP contribution < -0.4 is 4.74 Å². The van der Waals surface area contributed by atoms with E-state index in [9.17, 15) is 9.90 Å². The van der Waals surface area contributed by atoms with Crippen molar-refractivity contribution in [3.05, 3.63) is 90.5 Å². The van der Waals surface area contributed by atoms with E-state index in [1.807, 2.05) is 71.0 Å². The van der Waals surface area contributed by atoms with Crippen molar-refractivity contribution in [3.8, 4) is 22.6 Å². The van der Waals surface area contributed by atoms with Gasteiger partial charge in [-0.05, 0) is 47.9 Å². The van der Waals surface area contributed by atoms with Crippen molar-refractivity contribution >= 4 is 11.5 Å². The molecule has 3 aromatic carbocycles. The molecule has 0 saturated carbocycles. The van der Waals surface area contributed by atoms with Crippen LogP contribution in [0.1, 0.15) is 50.5 Å². The molecule has 3 nitrogen and oxygen atoms in total. The van der Waals surface area contributed by atoms with Crippen LogP contribution in [-0.4, -0.2) is 11.1 Å². The lowest BCUT2D eigenvalue weighted by atomic mass is 10.0. The first kappa shape index (κ1) is 23.7. The van der Waals surface area contributed by atoms with Gasteiger partial charge in [0.15, 0.2) is 0 Å². The minimum Gasteiger partial charge on any atom is -0.478 e. The lowest BCUT2D eigenvalue weighted by Crippen LogP contribution is -1.99. The fourth-order valence-corrected chi connectivity index (χ4v) is 2.52. The third kappa shape index (κ3) is 6.65. The maximum absolute atomic E-state index is 11.2. The summed E-state index contributed by atoms with van der Waals surface area (Å²) in [6.45, 7) is 13.9. The molecule has 3 rings (SSSR count). The Morgan fingerprint density at radius 1 is 0.793 bits per heavy atom. The minimum absolute atomic E-state index is 0.141. The molecule has 0 aromatic heterocycles. The summed E-state index contributed by atoms with van der Waals surface area (Å²) in [5.74, 6) is -0.0885. The van der Waals surface area contributed by atoms with E-state index >= 15 is 0 Å². The van der Waals surface area contributed by atoms with E-state index in [0.717, 1.165) is 22.3 Å². The van der Waals surface area contributed by atoms with Crippen LogP contribution >= 0.6 is 0 Å². The molecule has 0 fully saturated rings. The predicted octanol–water partition coefficient (Wildman–Crippen LogP) is 7.93. The van der Waals surface area contributed by atoms with Gasteiger partial charge < -0.3 is 9.84 Å². The second-order valence-electron chi connectivity index (χ2n) is 5.79. The number of carbonyl (C=O) groups is 1. The topological polar surface area (TPSA) is 46.5 Å². The van der Waals surface area contributed by atoms with Crippen molar-refractivity contribution in [2.24, 2.45) is 0 Å². The second-order valence-corrected chi connectivity index (χ2v) is 5.79. The van der Waals surface area contributed by atoms with Crippen molar-refractivity contribution in [2.75, 3.05) is 0 Å². The monoisotopic (exact) mass is 390 g/mol. The number of allylic oxidation sites excluding steroid dienone is 1. The predicted molar refractivity (Wildman–Crippen MR) is 123 cm³/mol. The van der Waals surface area contributed by atoms with E-state index in [-0.39, 0.29) is 5.56 Å². The van der Waals surface area contributed by atoms with E-state index in [0.29, 0.717) is 11.5 Å². The van der Waals surface area contributed by atoms with E-state index in [1.165, 1.54) is 6.07 Å². The Hall–Kier alpha value is -3.33. The molecule has 0 amide bonds. The Bertz CT molecular complexity index is 907. The number of hydrogen-bond acceptors (Lipinski definition) is 2. The van der Waals surface area contributed by atoms with Crippen molar-refractivity contribution in [1.29, 1.82) is 0 Å². The molecule has 0 aliphatic rings. The van der Waals surface area contributed by atoms with Crippen LogP contribution in [0.3, 0.4) is 0 Å². The molecule has 3 heteroatoms. The summed E-state index contributed by atoms with van der Waals surface area (Å²) in [6.07, 6.45) is 0. The van der Waals surface area contributed by atoms with Gasteiger partial charge in [0.25, 0.3) is 0 Å². The maximum Gasteiger partial charge on any atom is 0.339 e. The zero-order chi connectivity index (χ0) is 21.8. The standard InChI is InChI=1S/C22H18O3.2C2H6/c1-15(2)16-7-9-17(10-8-16)18-11-13-19(14-12-18)25-21-6-4-3-5-20(21)22(23)24;2*1-2/h3-14H,1H2,2H3,(H,23,24);2*1-2H3. The smallest absolute Gasteiger partial charge is 0.339 e. The molecule has 1 N–H and O–H groups in total. The SMILES string of the molecule is C=C(C)c1ccc(-c2ccc(Oc3ccccc3C(=O)O)cc2)cc1.CC.CC. The number of rotatable bonds is 5. The number of para-hydroxylation sites is 1. The van der Waals surface area contributed by atoms with Crippen molar-refractivity contribution in [2.45, 2.75) is 34.6 Å². The average molecular weight is 391 g/mol. The summed E-state index contributed by atoms with van der Waals surface area (Å²) >= 11 is 0. The number of carboxylic acid groups (broad SMARTS) is 1. The molecule has 0 aliphatic heterocycles. The molecule has 152 valence electrons. The van der Waals surface area contributed by atoms with E-state index < -0.39 is 5.97 Å². The van der Waals surface area contributed by atoms with E-state index in [1.54, 1.807) is 18.2 Å². The number of aromatic carboxylic acids is 1. The number of benzene rings is 3. The second kappa shape index (κ2) is 12.2. The van der Waals surface area contributed by atoms with Crippen LogP contribution in [0.2, 0.25) is 0 Å². The fourth-order valence-electron chi connectivity index (χ4n) is 2.52. The third-order valence-corrected chi connectivity index (χ3v) is 3.91. The van der Waals surface area contributed by atoms with Gasteiger partial charge >= 0.3 is 5.97 Å². The highest BCUT2D eigenvalue weighted by Gasteiger charge is 2.11. The van der Waals surface area contributed by atoms with Crippen LogP contribution in [0.5, 0.6) is 11.5 Å². The van der Waals surface area contributed by atoms with Gasteiger partial charge in [-0.2, -0.15) is 0 Å². The van der Waals surface area contributed by atoms with Crippen LogP contribution in [0.15, 0.2) is 79.4 Å². The lowest BCUT2D eigenvalue weighted by molar-refractivity contribution is 0.0694. The first-order chi connectivity index (χ1) is 14.0. The summed E-state index contributed by atoms with van der Waals surface area (Å²) in [5.41, 5.74) is 4.46. The molecule has 0 aliphatic carbocycles. The van der Waals surface area contributed by atoms with Gasteiger partial charge in [0, 0.05) is 0 Å². The van der Waals surface area contributed by atoms with Crippen molar-refractivity contribution in [1.82, 2.24) is 0 Å². The molecule has 0 spiro atoms. The molecule has 0 atom stereocenters. The van der Waals surface area contributed by atoms with Gasteiger partial charge in [-0.25, -0.2) is 4.79 Å². The van der Waals surface area contributed by atoms with Gasteiger partial charge in [0.2, 0.25) is 0 Å². The summed E-state index contributed by atoms with van der Waals surface area (Å²) in [6, 6.07) is 22.4. The highest BCUT2D eigenvalue weighted by molar-refractivity contribution is 5.90. The van der Waals surface area contributed by atoms with Crippen LogP contribution in [0.25, 0.3) is 16.7 Å². The Morgan fingerprint density at radius 2 is 1.28 bits per heavy atom. The van der Waals surface area contributed by atoms with Crippen LogP contribution in [-0.2, 0) is 0 Å². The largest absolute Gasteiger partial charge is 0.478 e. The highest BCUT2D eigenvalue weighted by Crippen LogP contribution is 2.28. The summed E-state index contributed by atoms with van der Waals surface area (Å²) in [4.78, 5) is 11.2. The quantitative estimate of drug-likeness (QED) is 0.481. The van der Waals surface area contributed by atoms with Gasteiger partial charge in [-0.1, -0.05) is 88.4 Å². The number of carboxylic acids is 1. The Labute approximate surface area is 174 Å². The summed E-state index contributed by atoms with van der Waals surface area (Å²) in [5, 5.41) is 9.21. The highest BCUT2D eigenvalue weighted by atomic mass is 16.5. The van der Waals surface area contributed by atoms with Gasteiger partial charge in [-0.3, -0.25) is 0 Å². The van der Waals surface area contributed by atoms with Crippen molar-refractivity contribution < 1.29 is 14.6 Å². The summed E-state index contributed by atoms with van der Waals surface area (Å²) < 4.78 is 5.72. The number of ether oxygens (including phenoxy) is 1. The lowest BCUT2D eigenvalue weighted by Gasteiger charge is -2.09. The molecule has 0 heterocycles. The van der Waals surface area contributed by atoms with Gasteiger partial charge in [-0.15, -0.1) is 0 Å². The van der Waals surface area contributed by atoms with Gasteiger partial charge in [0.05, 0.1) is 0 Å². The molecule has 3 aromatic rings. The average Bonchev–Trinajstić information content (AvgIpc) is 2.77. The van der Waals surface area contributed by atoms with Crippen LogP contribution in [0.4, 0.5) is 0 Å². The Morgan fingerprint density at radius 3 is 1.76 bits per heavy atom. The maximum atomic E-state index is 11.2. The zero-order valence-corrected chi connectivity index (χ0v) is 17.9. The van der Waals surface area contributed by atoms with Crippen molar-refractivity contribution in [3.63, 3.8) is 0 Å². The minimum atomic E-state index is -1.01. The third-order valence-electron chi connectivity index (χ3n) is 3.91. The number of hydrogen-bond donors (Lipinski definition) is 1. The first-order valence-electron chi connectivity index (χ1n) is 9.91. The molecular weight excluding hydrogens is 360 g/mol. The fraction of sp³-hybridized carbons (Fsp3) is 0.192. The normalized spacial score (nSPS) is 9.28. The molecule has 0 bridgehead atoms. The van der Waals surface area contributed by atoms with E-state index in [2.05, 4.69) is 18.7 Å². The first-order valence-corrected chi connectivity index (χ1v) is 9.91. The summed E-state index contributed by atoms with van der Waals surface area (Å²) in [7, 11) is 0. The van der Waals surface area contributed by atoms with Gasteiger partial charge in [0.1, 0.15) is 17.1 Å². The molecule has 29 heavy (non-hydrogen) atoms. The molecule has 0 radical (unpaired) electrons. The Balaban J connectivity index is 0.000000989. The Kier molecular flexibility index (Phi) is 9.97. The van der Waals surface area contributed by atoms with E-state index in [4.69, 9.17) is 4.74 Å². The van der Waals surface area contributed by atoms with Crippen LogP contribution in [0, 0.1) is 0 Å². The molecular formula is C26H30O3.